The maximum absolute atomic E-state index is 13.1. The third-order valence-electron chi connectivity index (χ3n) is 4.89. The van der Waals surface area contributed by atoms with Gasteiger partial charge in [-0.2, -0.15) is 0 Å². The Bertz CT molecular complexity index is 1260. The first kappa shape index (κ1) is 21.4. The number of urea groups is 1. The van der Waals surface area contributed by atoms with Crippen LogP contribution in [-0.2, 0) is 9.59 Å². The molecule has 0 spiro atoms. The monoisotopic (exact) mass is 450 g/mol. The number of halogens is 1. The van der Waals surface area contributed by atoms with E-state index in [1.165, 1.54) is 6.08 Å². The predicted octanol–water partition coefficient (Wildman–Crippen LogP) is 4.97. The Morgan fingerprint density at radius 3 is 2.66 bits per heavy atom. The van der Waals surface area contributed by atoms with E-state index in [0.29, 0.717) is 23.1 Å². The summed E-state index contributed by atoms with van der Waals surface area (Å²) in [6.45, 7) is 4.06. The maximum Gasteiger partial charge on any atom is 0.336 e. The lowest BCUT2D eigenvalue weighted by atomic mass is 10.1. The van der Waals surface area contributed by atoms with Gasteiger partial charge in [-0.05, 0) is 61.9 Å². The second-order valence-electron chi connectivity index (χ2n) is 7.02. The van der Waals surface area contributed by atoms with Gasteiger partial charge >= 0.3 is 6.03 Å². The van der Waals surface area contributed by atoms with Crippen LogP contribution in [-0.4, -0.2) is 24.5 Å². The van der Waals surface area contributed by atoms with Crippen LogP contribution in [0.2, 0.25) is 5.02 Å². The zero-order valence-corrected chi connectivity index (χ0v) is 18.1. The van der Waals surface area contributed by atoms with Crippen LogP contribution < -0.4 is 15.0 Å². The number of rotatable bonds is 5. The number of carbonyl (C=O) groups is 3. The van der Waals surface area contributed by atoms with Gasteiger partial charge in [0, 0.05) is 10.6 Å². The Balaban J connectivity index is 1.70. The van der Waals surface area contributed by atoms with Crippen molar-refractivity contribution >= 4 is 41.2 Å². The molecule has 1 aliphatic heterocycles. The number of nitrogens with zero attached hydrogens (tertiary/aromatic N) is 1. The van der Waals surface area contributed by atoms with Crippen molar-refractivity contribution in [2.24, 2.45) is 0 Å². The number of anilines is 1. The molecule has 4 rings (SSSR count). The highest BCUT2D eigenvalue weighted by molar-refractivity contribution is 6.39. The maximum atomic E-state index is 13.1. The van der Waals surface area contributed by atoms with E-state index in [-0.39, 0.29) is 17.0 Å². The number of carbonyl (C=O) groups excluding carboxylic acids is 3. The third-order valence-corrected chi connectivity index (χ3v) is 5.12. The number of para-hydroxylation sites is 2. The van der Waals surface area contributed by atoms with Crippen LogP contribution in [0.5, 0.6) is 5.75 Å². The predicted molar refractivity (Wildman–Crippen MR) is 121 cm³/mol. The van der Waals surface area contributed by atoms with Gasteiger partial charge in [-0.1, -0.05) is 29.8 Å². The van der Waals surface area contributed by atoms with Gasteiger partial charge in [0.2, 0.25) is 0 Å². The molecule has 0 radical (unpaired) electrons. The molecule has 1 aliphatic rings. The van der Waals surface area contributed by atoms with E-state index < -0.39 is 17.8 Å². The number of benzene rings is 2. The van der Waals surface area contributed by atoms with E-state index in [1.54, 1.807) is 55.5 Å². The molecule has 0 unspecified atom stereocenters. The fourth-order valence-corrected chi connectivity index (χ4v) is 3.54. The van der Waals surface area contributed by atoms with E-state index in [0.717, 1.165) is 16.0 Å². The molecule has 4 amide bonds. The van der Waals surface area contributed by atoms with Crippen molar-refractivity contribution in [3.63, 3.8) is 0 Å². The van der Waals surface area contributed by atoms with Crippen LogP contribution in [0.15, 0.2) is 64.6 Å². The summed E-state index contributed by atoms with van der Waals surface area (Å²) in [5.41, 5.74) is 1.76. The average molecular weight is 451 g/mol. The van der Waals surface area contributed by atoms with Crippen LogP contribution >= 0.6 is 11.6 Å². The molecule has 3 aromatic rings. The molecule has 1 saturated heterocycles. The number of imide groups is 2. The van der Waals surface area contributed by atoms with Crippen molar-refractivity contribution in [2.45, 2.75) is 13.8 Å². The zero-order valence-electron chi connectivity index (χ0n) is 17.3. The summed E-state index contributed by atoms with van der Waals surface area (Å²) in [6.07, 6.45) is 1.31. The van der Waals surface area contributed by atoms with Crippen molar-refractivity contribution in [1.82, 2.24) is 5.32 Å². The number of hydrogen-bond donors (Lipinski definition) is 1. The standard InChI is InChI=1S/C24H19ClN2O5/c1-3-31-21-7-5-4-6-19(21)27-23(29)18(22(28)26-24(27)30)13-16-10-11-20(32-16)17-12-15(25)9-8-14(17)2/h4-13H,3H2,1-2H3,(H,26,28,30)/b18-13+. The highest BCUT2D eigenvalue weighted by Gasteiger charge is 2.38. The number of ether oxygens (including phenoxy) is 1. The van der Waals surface area contributed by atoms with E-state index in [2.05, 4.69) is 5.32 Å². The minimum atomic E-state index is -0.848. The van der Waals surface area contributed by atoms with Crippen molar-refractivity contribution in [1.29, 1.82) is 0 Å². The number of barbiturate groups is 1. The molecule has 7 nitrogen and oxygen atoms in total. The lowest BCUT2D eigenvalue weighted by molar-refractivity contribution is -0.122. The lowest BCUT2D eigenvalue weighted by Gasteiger charge is -2.27. The summed E-state index contributed by atoms with van der Waals surface area (Å²) >= 11 is 6.09. The van der Waals surface area contributed by atoms with Crippen LogP contribution in [0.4, 0.5) is 10.5 Å². The first-order chi connectivity index (χ1) is 15.4. The second kappa shape index (κ2) is 8.72. The second-order valence-corrected chi connectivity index (χ2v) is 7.46. The molecular formula is C24H19ClN2O5. The van der Waals surface area contributed by atoms with Crippen LogP contribution in [0.25, 0.3) is 17.4 Å². The smallest absolute Gasteiger partial charge is 0.336 e. The summed E-state index contributed by atoms with van der Waals surface area (Å²) in [6, 6.07) is 14.6. The molecule has 1 fully saturated rings. The number of furan rings is 1. The Morgan fingerprint density at radius 1 is 1.09 bits per heavy atom. The molecule has 0 atom stereocenters. The molecule has 2 heterocycles. The van der Waals surface area contributed by atoms with Gasteiger partial charge in [-0.25, -0.2) is 9.69 Å². The third kappa shape index (κ3) is 4.02. The molecule has 0 aliphatic carbocycles. The fourth-order valence-electron chi connectivity index (χ4n) is 3.37. The SMILES string of the molecule is CCOc1ccccc1N1C(=O)NC(=O)/C(=C\c2ccc(-c3cc(Cl)ccc3C)o2)C1=O. The first-order valence-electron chi connectivity index (χ1n) is 9.88. The van der Waals surface area contributed by atoms with E-state index in [1.807, 2.05) is 13.0 Å². The summed E-state index contributed by atoms with van der Waals surface area (Å²) in [4.78, 5) is 39.0. The molecule has 32 heavy (non-hydrogen) atoms. The van der Waals surface area contributed by atoms with Gasteiger partial charge in [0.15, 0.2) is 0 Å². The summed E-state index contributed by atoms with van der Waals surface area (Å²) in [5, 5.41) is 2.76. The fraction of sp³-hybridized carbons (Fsp3) is 0.125. The Hall–Kier alpha value is -3.84. The van der Waals surface area contributed by atoms with Gasteiger partial charge in [0.05, 0.1) is 12.3 Å². The zero-order chi connectivity index (χ0) is 22.8. The van der Waals surface area contributed by atoms with Crippen LogP contribution in [0, 0.1) is 6.92 Å². The van der Waals surface area contributed by atoms with Crippen molar-refractivity contribution in [3.8, 4) is 17.1 Å². The largest absolute Gasteiger partial charge is 0.492 e. The van der Waals surface area contributed by atoms with Gasteiger partial charge < -0.3 is 9.15 Å². The summed E-state index contributed by atoms with van der Waals surface area (Å²) in [7, 11) is 0. The molecule has 1 N–H and O–H groups in total. The molecule has 0 bridgehead atoms. The summed E-state index contributed by atoms with van der Waals surface area (Å²) in [5.74, 6) is -0.408. The minimum absolute atomic E-state index is 0.236. The van der Waals surface area contributed by atoms with Gasteiger partial charge in [0.25, 0.3) is 11.8 Å². The van der Waals surface area contributed by atoms with E-state index in [4.69, 9.17) is 20.8 Å². The summed E-state index contributed by atoms with van der Waals surface area (Å²) < 4.78 is 11.4. The van der Waals surface area contributed by atoms with E-state index >= 15 is 0 Å². The Labute approximate surface area is 189 Å². The van der Waals surface area contributed by atoms with Crippen molar-refractivity contribution in [3.05, 3.63) is 76.5 Å². The molecule has 1 aromatic heterocycles. The van der Waals surface area contributed by atoms with Crippen LogP contribution in [0.3, 0.4) is 0 Å². The number of nitrogens with one attached hydrogen (secondary N) is 1. The molecule has 0 saturated carbocycles. The topological polar surface area (TPSA) is 88.8 Å². The normalized spacial score (nSPS) is 15.3. The minimum Gasteiger partial charge on any atom is -0.492 e. The number of aryl methyl sites for hydroxylation is 1. The van der Waals surface area contributed by atoms with Crippen molar-refractivity contribution < 1.29 is 23.5 Å². The molecular weight excluding hydrogens is 432 g/mol. The van der Waals surface area contributed by atoms with Gasteiger partial charge in [0.1, 0.15) is 22.8 Å². The Morgan fingerprint density at radius 2 is 1.88 bits per heavy atom. The van der Waals surface area contributed by atoms with E-state index in [9.17, 15) is 14.4 Å². The highest BCUT2D eigenvalue weighted by atomic mass is 35.5. The first-order valence-corrected chi connectivity index (χ1v) is 10.3. The number of hydrogen-bond acceptors (Lipinski definition) is 5. The van der Waals surface area contributed by atoms with Gasteiger partial charge in [-0.15, -0.1) is 0 Å². The number of amides is 4. The highest BCUT2D eigenvalue weighted by Crippen LogP contribution is 2.32. The van der Waals surface area contributed by atoms with Gasteiger partial charge in [-0.3, -0.25) is 14.9 Å². The van der Waals surface area contributed by atoms with Crippen molar-refractivity contribution in [2.75, 3.05) is 11.5 Å². The van der Waals surface area contributed by atoms with Crippen LogP contribution in [0.1, 0.15) is 18.2 Å². The molecule has 162 valence electrons. The average Bonchev–Trinajstić information content (AvgIpc) is 3.22. The molecule has 8 heteroatoms. The quantitative estimate of drug-likeness (QED) is 0.437. The Kier molecular flexibility index (Phi) is 5.83. The molecule has 2 aromatic carbocycles. The lowest BCUT2D eigenvalue weighted by Crippen LogP contribution is -2.54.